The Hall–Kier alpha value is -0.910. The number of nitrogens with zero attached hydrogens (tertiary/aromatic N) is 1. The van der Waals surface area contributed by atoms with Crippen molar-refractivity contribution in [2.24, 2.45) is 5.92 Å². The van der Waals surface area contributed by atoms with Crippen LogP contribution in [0.15, 0.2) is 11.0 Å². The van der Waals surface area contributed by atoms with Gasteiger partial charge in [-0.1, -0.05) is 6.07 Å². The number of rotatable bonds is 3. The Kier molecular flexibility index (Phi) is 3.24. The molecule has 1 saturated carbocycles. The molecule has 1 saturated heterocycles. The van der Waals surface area contributed by atoms with Crippen molar-refractivity contribution < 1.29 is 13.5 Å². The molecule has 0 aromatic heterocycles. The Balaban J connectivity index is 1.97. The number of hydrogen-bond donors (Lipinski definition) is 1. The molecule has 0 atom stereocenters. The Morgan fingerprint density at radius 1 is 1.10 bits per heavy atom. The van der Waals surface area contributed by atoms with Crippen molar-refractivity contribution >= 4 is 10.0 Å². The van der Waals surface area contributed by atoms with E-state index >= 15 is 0 Å². The SMILES string of the molecule is Cc1cc(C)c(C)c(S(=O)(=O)N2CC(O)(C3CC3)C2)c1C. The number of aliphatic hydroxyl groups is 1. The summed E-state index contributed by atoms with van der Waals surface area (Å²) in [5.74, 6) is 0.297. The summed E-state index contributed by atoms with van der Waals surface area (Å²) in [5.41, 5.74) is 2.84. The third-order valence-electron chi connectivity index (χ3n) is 5.13. The van der Waals surface area contributed by atoms with Gasteiger partial charge < -0.3 is 5.11 Å². The Labute approximate surface area is 126 Å². The molecule has 21 heavy (non-hydrogen) atoms. The van der Waals surface area contributed by atoms with Crippen molar-refractivity contribution in [3.63, 3.8) is 0 Å². The third-order valence-corrected chi connectivity index (χ3v) is 7.20. The minimum Gasteiger partial charge on any atom is -0.387 e. The van der Waals surface area contributed by atoms with E-state index in [0.717, 1.165) is 35.1 Å². The maximum absolute atomic E-state index is 12.9. The van der Waals surface area contributed by atoms with Crippen LogP contribution < -0.4 is 0 Å². The lowest BCUT2D eigenvalue weighted by Crippen LogP contribution is -2.64. The predicted molar refractivity (Wildman–Crippen MR) is 81.8 cm³/mol. The lowest BCUT2D eigenvalue weighted by molar-refractivity contribution is -0.0765. The van der Waals surface area contributed by atoms with Gasteiger partial charge in [-0.05, 0) is 68.7 Å². The highest BCUT2D eigenvalue weighted by atomic mass is 32.2. The van der Waals surface area contributed by atoms with E-state index in [4.69, 9.17) is 0 Å². The van der Waals surface area contributed by atoms with Gasteiger partial charge in [0.15, 0.2) is 0 Å². The van der Waals surface area contributed by atoms with Crippen molar-refractivity contribution in [3.8, 4) is 0 Å². The maximum atomic E-state index is 12.9. The number of benzene rings is 1. The average molecular weight is 309 g/mol. The van der Waals surface area contributed by atoms with Gasteiger partial charge in [-0.3, -0.25) is 0 Å². The van der Waals surface area contributed by atoms with E-state index in [1.54, 1.807) is 0 Å². The molecule has 2 fully saturated rings. The normalized spacial score (nSPS) is 22.1. The molecule has 116 valence electrons. The quantitative estimate of drug-likeness (QED) is 0.930. The first-order valence-electron chi connectivity index (χ1n) is 7.47. The van der Waals surface area contributed by atoms with E-state index in [2.05, 4.69) is 0 Å². The van der Waals surface area contributed by atoms with E-state index in [1.165, 1.54) is 4.31 Å². The Morgan fingerprint density at radius 2 is 1.57 bits per heavy atom. The largest absolute Gasteiger partial charge is 0.387 e. The summed E-state index contributed by atoms with van der Waals surface area (Å²) in [6.07, 6.45) is 2.04. The molecule has 0 unspecified atom stereocenters. The van der Waals surface area contributed by atoms with Gasteiger partial charge in [0.1, 0.15) is 0 Å². The first-order chi connectivity index (χ1) is 9.67. The van der Waals surface area contributed by atoms with Crippen molar-refractivity contribution in [2.45, 2.75) is 51.0 Å². The minimum absolute atomic E-state index is 0.242. The van der Waals surface area contributed by atoms with Crippen LogP contribution in [-0.4, -0.2) is 36.5 Å². The molecule has 0 bridgehead atoms. The Bertz CT molecular complexity index is 672. The van der Waals surface area contributed by atoms with Gasteiger partial charge in [0.05, 0.1) is 10.5 Å². The van der Waals surface area contributed by atoms with Crippen LogP contribution in [-0.2, 0) is 10.0 Å². The summed E-state index contributed by atoms with van der Waals surface area (Å²) in [5, 5.41) is 10.4. The second-order valence-electron chi connectivity index (χ2n) is 6.74. The summed E-state index contributed by atoms with van der Waals surface area (Å²) in [7, 11) is -3.51. The third kappa shape index (κ3) is 2.22. The fourth-order valence-electron chi connectivity index (χ4n) is 3.31. The van der Waals surface area contributed by atoms with Crippen molar-refractivity contribution in [3.05, 3.63) is 28.3 Å². The zero-order valence-corrected chi connectivity index (χ0v) is 13.9. The van der Waals surface area contributed by atoms with Gasteiger partial charge in [-0.2, -0.15) is 4.31 Å². The number of sulfonamides is 1. The van der Waals surface area contributed by atoms with Crippen LogP contribution in [0.3, 0.4) is 0 Å². The van der Waals surface area contributed by atoms with Gasteiger partial charge in [-0.25, -0.2) is 8.42 Å². The highest BCUT2D eigenvalue weighted by molar-refractivity contribution is 7.89. The predicted octanol–water partition coefficient (Wildman–Crippen LogP) is 2.07. The smallest absolute Gasteiger partial charge is 0.243 e. The molecular formula is C16H23NO3S. The van der Waals surface area contributed by atoms with Crippen LogP contribution in [0, 0.1) is 33.6 Å². The summed E-state index contributed by atoms with van der Waals surface area (Å²) in [6.45, 7) is 8.09. The fourth-order valence-corrected chi connectivity index (χ4v) is 5.45. The molecule has 1 aromatic carbocycles. The van der Waals surface area contributed by atoms with E-state index in [9.17, 15) is 13.5 Å². The summed E-state index contributed by atoms with van der Waals surface area (Å²) < 4.78 is 27.2. The fraction of sp³-hybridized carbons (Fsp3) is 0.625. The minimum atomic E-state index is -3.51. The van der Waals surface area contributed by atoms with Crippen LogP contribution in [0.4, 0.5) is 0 Å². The van der Waals surface area contributed by atoms with E-state index < -0.39 is 15.6 Å². The highest BCUT2D eigenvalue weighted by Crippen LogP contribution is 2.46. The molecule has 5 heteroatoms. The summed E-state index contributed by atoms with van der Waals surface area (Å²) >= 11 is 0. The van der Waals surface area contributed by atoms with Crippen molar-refractivity contribution in [1.82, 2.24) is 4.31 Å². The second-order valence-corrected chi connectivity index (χ2v) is 8.62. The summed E-state index contributed by atoms with van der Waals surface area (Å²) in [4.78, 5) is 0.429. The monoisotopic (exact) mass is 309 g/mol. The van der Waals surface area contributed by atoms with E-state index in [0.29, 0.717) is 10.8 Å². The van der Waals surface area contributed by atoms with Crippen LogP contribution >= 0.6 is 0 Å². The number of aryl methyl sites for hydroxylation is 2. The molecular weight excluding hydrogens is 286 g/mol. The van der Waals surface area contributed by atoms with Gasteiger partial charge in [0, 0.05) is 13.1 Å². The first kappa shape index (κ1) is 15.0. The van der Waals surface area contributed by atoms with Gasteiger partial charge in [0.2, 0.25) is 10.0 Å². The zero-order valence-electron chi connectivity index (χ0n) is 13.1. The van der Waals surface area contributed by atoms with Gasteiger partial charge in [-0.15, -0.1) is 0 Å². The molecule has 4 nitrogen and oxygen atoms in total. The standard InChI is InChI=1S/C16H23NO3S/c1-10-7-11(2)13(4)15(12(10)3)21(19,20)17-8-16(18,9-17)14-5-6-14/h7,14,18H,5-6,8-9H2,1-4H3. The molecule has 0 spiro atoms. The van der Waals surface area contributed by atoms with E-state index in [1.807, 2.05) is 33.8 Å². The van der Waals surface area contributed by atoms with Crippen molar-refractivity contribution in [1.29, 1.82) is 0 Å². The second kappa shape index (κ2) is 4.54. The lowest BCUT2D eigenvalue weighted by Gasteiger charge is -2.46. The molecule has 1 aliphatic carbocycles. The van der Waals surface area contributed by atoms with Crippen LogP contribution in [0.1, 0.15) is 35.1 Å². The topological polar surface area (TPSA) is 57.6 Å². The van der Waals surface area contributed by atoms with Gasteiger partial charge >= 0.3 is 0 Å². The van der Waals surface area contributed by atoms with Crippen molar-refractivity contribution in [2.75, 3.05) is 13.1 Å². The average Bonchev–Trinajstić information content (AvgIpc) is 3.17. The lowest BCUT2D eigenvalue weighted by atomic mass is 9.91. The molecule has 3 rings (SSSR count). The van der Waals surface area contributed by atoms with Crippen LogP contribution in [0.5, 0.6) is 0 Å². The highest BCUT2D eigenvalue weighted by Gasteiger charge is 2.55. The molecule has 1 heterocycles. The van der Waals surface area contributed by atoms with Crippen LogP contribution in [0.25, 0.3) is 0 Å². The number of β-amino-alcohol motifs (C(OH)–C–C–N with tert-alkyl or cyclic N) is 1. The summed E-state index contributed by atoms with van der Waals surface area (Å²) in [6, 6.07) is 2.03. The molecule has 0 amide bonds. The molecule has 1 N–H and O–H groups in total. The Morgan fingerprint density at radius 3 is 2.00 bits per heavy atom. The van der Waals surface area contributed by atoms with E-state index in [-0.39, 0.29) is 13.1 Å². The molecule has 0 radical (unpaired) electrons. The molecule has 1 aromatic rings. The molecule has 1 aliphatic heterocycles. The zero-order chi connectivity index (χ0) is 15.6. The molecule has 2 aliphatic rings. The van der Waals surface area contributed by atoms with Crippen LogP contribution in [0.2, 0.25) is 0 Å². The maximum Gasteiger partial charge on any atom is 0.243 e. The van der Waals surface area contributed by atoms with Gasteiger partial charge in [0.25, 0.3) is 0 Å². The number of hydrogen-bond acceptors (Lipinski definition) is 3. The first-order valence-corrected chi connectivity index (χ1v) is 8.91.